The Kier molecular flexibility index (Phi) is 2.61. The molecule has 9 heavy (non-hydrogen) atoms. The molecule has 0 spiro atoms. The van der Waals surface area contributed by atoms with E-state index >= 15 is 0 Å². The van der Waals surface area contributed by atoms with Crippen molar-refractivity contribution in [1.29, 1.82) is 0 Å². The first-order valence-corrected chi connectivity index (χ1v) is 5.13. The predicted molar refractivity (Wildman–Crippen MR) is 48.2 cm³/mol. The van der Waals surface area contributed by atoms with Crippen LogP contribution in [0.1, 0.15) is 32.6 Å². The average molecular weight is 256 g/mol. The van der Waals surface area contributed by atoms with Crippen molar-refractivity contribution >= 4 is 31.9 Å². The molecule has 0 unspecified atom stereocenters. The second-order valence-corrected chi connectivity index (χ2v) is 6.70. The Labute approximate surface area is 73.7 Å². The fraction of sp³-hybridized carbons (Fsp3) is 1.00. The molecule has 1 atom stereocenters. The zero-order chi connectivity index (χ0) is 6.91. The summed E-state index contributed by atoms with van der Waals surface area (Å²) in [5, 5.41) is 0. The third-order valence-electron chi connectivity index (χ3n) is 1.86. The van der Waals surface area contributed by atoms with Gasteiger partial charge in [0, 0.05) is 0 Å². The van der Waals surface area contributed by atoms with Crippen molar-refractivity contribution in [3.05, 3.63) is 0 Å². The number of alkyl halides is 2. The van der Waals surface area contributed by atoms with E-state index in [4.69, 9.17) is 0 Å². The summed E-state index contributed by atoms with van der Waals surface area (Å²) >= 11 is 7.20. The van der Waals surface area contributed by atoms with Gasteiger partial charge in [-0.05, 0) is 18.8 Å². The smallest absolute Gasteiger partial charge is 0.0724 e. The van der Waals surface area contributed by atoms with Crippen LogP contribution in [0.25, 0.3) is 0 Å². The fourth-order valence-electron chi connectivity index (χ4n) is 1.03. The minimum atomic E-state index is 0.342. The fourth-order valence-corrected chi connectivity index (χ4v) is 2.27. The van der Waals surface area contributed by atoms with Gasteiger partial charge in [-0.2, -0.15) is 0 Å². The third kappa shape index (κ3) is 2.23. The van der Waals surface area contributed by atoms with Crippen LogP contribution in [0.2, 0.25) is 0 Å². The van der Waals surface area contributed by atoms with Gasteiger partial charge < -0.3 is 0 Å². The molecule has 1 saturated carbocycles. The van der Waals surface area contributed by atoms with Crippen LogP contribution in [0, 0.1) is 5.92 Å². The zero-order valence-corrected chi connectivity index (χ0v) is 8.83. The molecule has 1 aliphatic carbocycles. The summed E-state index contributed by atoms with van der Waals surface area (Å²) < 4.78 is 0.342. The summed E-state index contributed by atoms with van der Waals surface area (Å²) in [6.45, 7) is 2.24. The van der Waals surface area contributed by atoms with Crippen molar-refractivity contribution in [1.82, 2.24) is 0 Å². The highest BCUT2D eigenvalue weighted by molar-refractivity contribution is 9.25. The Morgan fingerprint density at radius 2 is 2.11 bits per heavy atom. The van der Waals surface area contributed by atoms with Crippen molar-refractivity contribution in [2.75, 3.05) is 0 Å². The van der Waals surface area contributed by atoms with Gasteiger partial charge in [0.25, 0.3) is 0 Å². The van der Waals surface area contributed by atoms with E-state index in [1.54, 1.807) is 0 Å². The monoisotopic (exact) mass is 254 g/mol. The first kappa shape index (κ1) is 8.06. The quantitative estimate of drug-likeness (QED) is 0.675. The van der Waals surface area contributed by atoms with Gasteiger partial charge in [-0.3, -0.25) is 0 Å². The maximum Gasteiger partial charge on any atom is 0.0837 e. The molecule has 1 fully saturated rings. The van der Waals surface area contributed by atoms with Crippen molar-refractivity contribution in [2.24, 2.45) is 5.92 Å². The van der Waals surface area contributed by atoms with Crippen LogP contribution in [-0.2, 0) is 0 Å². The SMILES string of the molecule is CCCC[C@@H]1CC1(Br)Br. The molecule has 0 amide bonds. The molecule has 54 valence electrons. The van der Waals surface area contributed by atoms with Gasteiger partial charge >= 0.3 is 0 Å². The minimum absolute atomic E-state index is 0.342. The van der Waals surface area contributed by atoms with Gasteiger partial charge in [0.1, 0.15) is 0 Å². The van der Waals surface area contributed by atoms with Gasteiger partial charge in [-0.25, -0.2) is 0 Å². The van der Waals surface area contributed by atoms with Crippen molar-refractivity contribution in [3.8, 4) is 0 Å². The van der Waals surface area contributed by atoms with Crippen LogP contribution in [0.15, 0.2) is 0 Å². The van der Waals surface area contributed by atoms with Crippen LogP contribution in [0.5, 0.6) is 0 Å². The Balaban J connectivity index is 2.06. The lowest BCUT2D eigenvalue weighted by molar-refractivity contribution is 0.654. The molecule has 2 heteroatoms. The molecule has 1 aliphatic rings. The van der Waals surface area contributed by atoms with Crippen LogP contribution < -0.4 is 0 Å². The van der Waals surface area contributed by atoms with Crippen LogP contribution in [-0.4, -0.2) is 3.23 Å². The molecule has 0 aromatic heterocycles. The average Bonchev–Trinajstić information content (AvgIpc) is 2.35. The van der Waals surface area contributed by atoms with Crippen molar-refractivity contribution < 1.29 is 0 Å². The molecular formula is C7H12Br2. The van der Waals surface area contributed by atoms with Crippen LogP contribution >= 0.6 is 31.9 Å². The highest BCUT2D eigenvalue weighted by Crippen LogP contribution is 2.58. The van der Waals surface area contributed by atoms with Gasteiger partial charge in [-0.1, -0.05) is 51.6 Å². The van der Waals surface area contributed by atoms with Crippen LogP contribution in [0.3, 0.4) is 0 Å². The Bertz CT molecular complexity index is 99.1. The molecule has 1 rings (SSSR count). The number of halogens is 2. The van der Waals surface area contributed by atoms with E-state index < -0.39 is 0 Å². The number of rotatable bonds is 3. The Morgan fingerprint density at radius 1 is 1.56 bits per heavy atom. The molecule has 0 nitrogen and oxygen atoms in total. The first-order valence-electron chi connectivity index (χ1n) is 3.54. The maximum absolute atomic E-state index is 3.60. The molecule has 0 aliphatic heterocycles. The van der Waals surface area contributed by atoms with Crippen LogP contribution in [0.4, 0.5) is 0 Å². The lowest BCUT2D eigenvalue weighted by Crippen LogP contribution is -1.87. The van der Waals surface area contributed by atoms with Gasteiger partial charge in [0.05, 0.1) is 3.23 Å². The van der Waals surface area contributed by atoms with Gasteiger partial charge in [0.2, 0.25) is 0 Å². The molecule has 0 aromatic rings. The lowest BCUT2D eigenvalue weighted by atomic mass is 10.2. The van der Waals surface area contributed by atoms with E-state index in [0.29, 0.717) is 3.23 Å². The van der Waals surface area contributed by atoms with E-state index in [-0.39, 0.29) is 0 Å². The number of hydrogen-bond acceptors (Lipinski definition) is 0. The standard InChI is InChI=1S/C7H12Br2/c1-2-3-4-6-5-7(6,8)9/h6H,2-5H2,1H3/t6-/m1/s1. The predicted octanol–water partition coefficient (Wildman–Crippen LogP) is 3.68. The van der Waals surface area contributed by atoms with Crippen molar-refractivity contribution in [3.63, 3.8) is 0 Å². The zero-order valence-electron chi connectivity index (χ0n) is 5.66. The number of hydrogen-bond donors (Lipinski definition) is 0. The molecule has 0 N–H and O–H groups in total. The minimum Gasteiger partial charge on any atom is -0.0724 e. The normalized spacial score (nSPS) is 30.3. The second-order valence-electron chi connectivity index (χ2n) is 2.80. The Morgan fingerprint density at radius 3 is 2.44 bits per heavy atom. The van der Waals surface area contributed by atoms with E-state index in [2.05, 4.69) is 38.8 Å². The molecule has 0 heterocycles. The highest BCUT2D eigenvalue weighted by Gasteiger charge is 2.49. The maximum atomic E-state index is 3.60. The summed E-state index contributed by atoms with van der Waals surface area (Å²) in [7, 11) is 0. The third-order valence-corrected chi connectivity index (χ3v) is 3.80. The molecule has 0 saturated heterocycles. The van der Waals surface area contributed by atoms with E-state index in [1.165, 1.54) is 25.7 Å². The largest absolute Gasteiger partial charge is 0.0837 e. The molecular weight excluding hydrogens is 244 g/mol. The van der Waals surface area contributed by atoms with Gasteiger partial charge in [-0.15, -0.1) is 0 Å². The summed E-state index contributed by atoms with van der Waals surface area (Å²) in [5.41, 5.74) is 0. The first-order chi connectivity index (χ1) is 4.17. The summed E-state index contributed by atoms with van der Waals surface area (Å²) in [6.07, 6.45) is 5.40. The topological polar surface area (TPSA) is 0 Å². The van der Waals surface area contributed by atoms with E-state index in [1.807, 2.05) is 0 Å². The summed E-state index contributed by atoms with van der Waals surface area (Å²) in [4.78, 5) is 0. The molecule has 0 aromatic carbocycles. The van der Waals surface area contributed by atoms with E-state index in [9.17, 15) is 0 Å². The number of unbranched alkanes of at least 4 members (excludes halogenated alkanes) is 1. The molecule has 0 bridgehead atoms. The van der Waals surface area contributed by atoms with Crippen molar-refractivity contribution in [2.45, 2.75) is 35.8 Å². The lowest BCUT2D eigenvalue weighted by Gasteiger charge is -1.96. The molecule has 0 radical (unpaired) electrons. The summed E-state index contributed by atoms with van der Waals surface area (Å²) in [6, 6.07) is 0. The van der Waals surface area contributed by atoms with Gasteiger partial charge in [0.15, 0.2) is 0 Å². The highest BCUT2D eigenvalue weighted by atomic mass is 79.9. The van der Waals surface area contributed by atoms with E-state index in [0.717, 1.165) is 5.92 Å². The summed E-state index contributed by atoms with van der Waals surface area (Å²) in [5.74, 6) is 0.900. The Hall–Kier alpha value is 0.960. The second kappa shape index (κ2) is 2.91.